The Kier molecular flexibility index (Phi) is 7.14. The van der Waals surface area contributed by atoms with Gasteiger partial charge in [-0.1, -0.05) is 41.3 Å². The summed E-state index contributed by atoms with van der Waals surface area (Å²) in [7, 11) is 1.66. The lowest BCUT2D eigenvalue weighted by Gasteiger charge is -2.03. The molecule has 1 aromatic carbocycles. The van der Waals surface area contributed by atoms with Gasteiger partial charge in [0.1, 0.15) is 0 Å². The van der Waals surface area contributed by atoms with Crippen LogP contribution in [0, 0.1) is 0 Å². The third-order valence-electron chi connectivity index (χ3n) is 2.60. The van der Waals surface area contributed by atoms with Crippen LogP contribution >= 0.6 is 23.1 Å². The number of nitrogens with zero attached hydrogens (tertiary/aromatic N) is 2. The van der Waals surface area contributed by atoms with Crippen LogP contribution in [-0.2, 0) is 9.53 Å². The lowest BCUT2D eigenvalue weighted by Crippen LogP contribution is -2.11. The number of para-hydroxylation sites is 1. The molecular formula is C14H18N4O2S2. The summed E-state index contributed by atoms with van der Waals surface area (Å²) in [5, 5.41) is 14.9. The van der Waals surface area contributed by atoms with Crippen LogP contribution in [0.25, 0.3) is 0 Å². The summed E-state index contributed by atoms with van der Waals surface area (Å²) >= 11 is 3.01. The number of aromatic nitrogens is 2. The number of hydrogen-bond donors (Lipinski definition) is 2. The molecule has 0 atom stereocenters. The summed E-state index contributed by atoms with van der Waals surface area (Å²) in [5.41, 5.74) is 0.818. The second kappa shape index (κ2) is 9.39. The molecule has 8 heteroatoms. The lowest BCUT2D eigenvalue weighted by molar-refractivity contribution is -0.115. The number of anilines is 2. The first-order chi connectivity index (χ1) is 10.8. The van der Waals surface area contributed by atoms with Gasteiger partial charge in [0.05, 0.1) is 6.61 Å². The lowest BCUT2D eigenvalue weighted by atomic mass is 10.3. The van der Waals surface area contributed by atoms with Crippen LogP contribution in [0.1, 0.15) is 6.42 Å². The van der Waals surface area contributed by atoms with Crippen molar-refractivity contribution >= 4 is 39.8 Å². The smallest absolute Gasteiger partial charge is 0.225 e. The van der Waals surface area contributed by atoms with E-state index in [1.165, 1.54) is 23.1 Å². The first-order valence-electron chi connectivity index (χ1n) is 6.82. The van der Waals surface area contributed by atoms with Gasteiger partial charge in [-0.05, 0) is 12.1 Å². The molecule has 0 aliphatic rings. The number of carbonyl (C=O) groups is 1. The molecule has 0 bridgehead atoms. The number of thioether (sulfide) groups is 1. The molecule has 0 saturated heterocycles. The maximum Gasteiger partial charge on any atom is 0.225 e. The van der Waals surface area contributed by atoms with Gasteiger partial charge < -0.3 is 15.4 Å². The molecule has 1 heterocycles. The van der Waals surface area contributed by atoms with E-state index in [-0.39, 0.29) is 5.91 Å². The Labute approximate surface area is 137 Å². The van der Waals surface area contributed by atoms with E-state index in [1.807, 2.05) is 30.3 Å². The molecule has 22 heavy (non-hydrogen) atoms. The highest BCUT2D eigenvalue weighted by molar-refractivity contribution is 8.01. The average Bonchev–Trinajstić information content (AvgIpc) is 2.96. The highest BCUT2D eigenvalue weighted by Gasteiger charge is 2.07. The second-order valence-electron chi connectivity index (χ2n) is 4.31. The molecule has 0 fully saturated rings. The molecule has 0 aliphatic heterocycles. The van der Waals surface area contributed by atoms with E-state index in [1.54, 1.807) is 7.11 Å². The maximum absolute atomic E-state index is 11.8. The molecule has 0 spiro atoms. The van der Waals surface area contributed by atoms with Crippen molar-refractivity contribution in [2.24, 2.45) is 0 Å². The topological polar surface area (TPSA) is 76.1 Å². The second-order valence-corrected chi connectivity index (χ2v) is 6.62. The molecule has 0 radical (unpaired) electrons. The zero-order valence-electron chi connectivity index (χ0n) is 12.2. The van der Waals surface area contributed by atoms with Crippen LogP contribution in [0.4, 0.5) is 10.8 Å². The monoisotopic (exact) mass is 338 g/mol. The first kappa shape index (κ1) is 16.7. The first-order valence-corrected chi connectivity index (χ1v) is 8.62. The third-order valence-corrected chi connectivity index (χ3v) is 4.62. The van der Waals surface area contributed by atoms with Crippen LogP contribution in [0.15, 0.2) is 34.7 Å². The van der Waals surface area contributed by atoms with Crippen molar-refractivity contribution in [3.05, 3.63) is 30.3 Å². The number of amides is 1. The average molecular weight is 338 g/mol. The van der Waals surface area contributed by atoms with Gasteiger partial charge in [-0.15, -0.1) is 10.2 Å². The predicted molar refractivity (Wildman–Crippen MR) is 90.7 cm³/mol. The van der Waals surface area contributed by atoms with Gasteiger partial charge in [0.2, 0.25) is 11.0 Å². The molecule has 0 aliphatic carbocycles. The summed E-state index contributed by atoms with van der Waals surface area (Å²) < 4.78 is 5.81. The Morgan fingerprint density at radius 1 is 1.32 bits per heavy atom. The summed E-state index contributed by atoms with van der Waals surface area (Å²) in [6.45, 7) is 1.33. The fraction of sp³-hybridized carbons (Fsp3) is 0.357. The van der Waals surface area contributed by atoms with Crippen LogP contribution in [0.2, 0.25) is 0 Å². The number of methoxy groups -OCH3 is 1. The van der Waals surface area contributed by atoms with Crippen LogP contribution < -0.4 is 10.6 Å². The van der Waals surface area contributed by atoms with E-state index in [0.717, 1.165) is 15.2 Å². The Balaban J connectivity index is 1.66. The van der Waals surface area contributed by atoms with Crippen molar-refractivity contribution in [1.82, 2.24) is 10.2 Å². The van der Waals surface area contributed by atoms with Gasteiger partial charge in [0.15, 0.2) is 4.34 Å². The number of benzene rings is 1. The normalized spacial score (nSPS) is 10.4. The quantitative estimate of drug-likeness (QED) is 0.541. The van der Waals surface area contributed by atoms with Crippen molar-refractivity contribution in [2.75, 3.05) is 36.6 Å². The highest BCUT2D eigenvalue weighted by atomic mass is 32.2. The minimum Gasteiger partial charge on any atom is -0.383 e. The van der Waals surface area contributed by atoms with Gasteiger partial charge in [0.25, 0.3) is 0 Å². The van der Waals surface area contributed by atoms with E-state index in [0.29, 0.717) is 25.3 Å². The Hall–Kier alpha value is -1.64. The minimum atomic E-state index is 0.00154. The van der Waals surface area contributed by atoms with Gasteiger partial charge in [-0.3, -0.25) is 4.79 Å². The largest absolute Gasteiger partial charge is 0.383 e. The Morgan fingerprint density at radius 2 is 2.14 bits per heavy atom. The molecule has 0 saturated carbocycles. The summed E-state index contributed by atoms with van der Waals surface area (Å²) in [6.07, 6.45) is 0.436. The molecule has 2 aromatic rings. The van der Waals surface area contributed by atoms with Crippen molar-refractivity contribution in [2.45, 2.75) is 10.8 Å². The molecule has 1 amide bonds. The van der Waals surface area contributed by atoms with Crippen molar-refractivity contribution < 1.29 is 9.53 Å². The van der Waals surface area contributed by atoms with Crippen molar-refractivity contribution in [3.8, 4) is 0 Å². The molecule has 0 unspecified atom stereocenters. The van der Waals surface area contributed by atoms with Crippen molar-refractivity contribution in [3.63, 3.8) is 0 Å². The van der Waals surface area contributed by atoms with E-state index in [2.05, 4.69) is 20.8 Å². The van der Waals surface area contributed by atoms with Gasteiger partial charge in [0, 0.05) is 31.5 Å². The molecule has 2 N–H and O–H groups in total. The third kappa shape index (κ3) is 6.00. The zero-order chi connectivity index (χ0) is 15.6. The summed E-state index contributed by atoms with van der Waals surface area (Å²) in [5.74, 6) is 0.674. The Morgan fingerprint density at radius 3 is 2.91 bits per heavy atom. The highest BCUT2D eigenvalue weighted by Crippen LogP contribution is 2.25. The molecule has 2 rings (SSSR count). The fourth-order valence-corrected chi connectivity index (χ4v) is 3.36. The molecular weight excluding hydrogens is 320 g/mol. The molecule has 6 nitrogen and oxygen atoms in total. The predicted octanol–water partition coefficient (Wildman–Crippen LogP) is 2.72. The van der Waals surface area contributed by atoms with Gasteiger partial charge >= 0.3 is 0 Å². The number of rotatable bonds is 9. The van der Waals surface area contributed by atoms with Crippen LogP contribution in [-0.4, -0.2) is 42.1 Å². The van der Waals surface area contributed by atoms with E-state index in [4.69, 9.17) is 4.74 Å². The van der Waals surface area contributed by atoms with Crippen LogP contribution in [0.5, 0.6) is 0 Å². The Bertz CT molecular complexity index is 577. The van der Waals surface area contributed by atoms with Crippen molar-refractivity contribution in [1.29, 1.82) is 0 Å². The number of carbonyl (C=O) groups excluding carboxylic acids is 1. The standard InChI is InChI=1S/C14H18N4O2S2/c1-20-9-8-15-13-17-18-14(22-13)21-10-7-12(19)16-11-5-3-2-4-6-11/h2-6H,7-10H2,1H3,(H,15,17)(H,16,19). The number of nitrogens with one attached hydrogen (secondary N) is 2. The summed E-state index contributed by atoms with van der Waals surface area (Å²) in [6, 6.07) is 9.44. The van der Waals surface area contributed by atoms with E-state index in [9.17, 15) is 4.79 Å². The summed E-state index contributed by atoms with van der Waals surface area (Å²) in [4.78, 5) is 11.8. The zero-order valence-corrected chi connectivity index (χ0v) is 13.9. The molecule has 118 valence electrons. The molecule has 1 aromatic heterocycles. The number of ether oxygens (including phenoxy) is 1. The van der Waals surface area contributed by atoms with Gasteiger partial charge in [-0.2, -0.15) is 0 Å². The van der Waals surface area contributed by atoms with Gasteiger partial charge in [-0.25, -0.2) is 0 Å². The van der Waals surface area contributed by atoms with E-state index < -0.39 is 0 Å². The minimum absolute atomic E-state index is 0.00154. The maximum atomic E-state index is 11.8. The fourth-order valence-electron chi connectivity index (χ4n) is 1.58. The number of hydrogen-bond acceptors (Lipinski definition) is 7. The van der Waals surface area contributed by atoms with E-state index >= 15 is 0 Å². The SMILES string of the molecule is COCCNc1nnc(SCCC(=O)Nc2ccccc2)s1. The van der Waals surface area contributed by atoms with Crippen LogP contribution in [0.3, 0.4) is 0 Å².